The van der Waals surface area contributed by atoms with Gasteiger partial charge in [-0.25, -0.2) is 8.42 Å². The van der Waals surface area contributed by atoms with Crippen molar-refractivity contribution in [2.45, 2.75) is 6.42 Å². The molecule has 0 saturated carbocycles. The van der Waals surface area contributed by atoms with Gasteiger partial charge in [0, 0.05) is 19.6 Å². The molecule has 0 unspecified atom stereocenters. The first-order valence-corrected chi connectivity index (χ1v) is 6.90. The summed E-state index contributed by atoms with van der Waals surface area (Å²) in [5.74, 6) is -0.805. The molecule has 1 saturated heterocycles. The van der Waals surface area contributed by atoms with E-state index in [2.05, 4.69) is 10.6 Å². The highest BCUT2D eigenvalue weighted by molar-refractivity contribution is 7.92. The maximum Gasteiger partial charge on any atom is 0.235 e. The summed E-state index contributed by atoms with van der Waals surface area (Å²) in [7, 11) is -3.31. The van der Waals surface area contributed by atoms with Crippen LogP contribution in [-0.2, 0) is 14.6 Å². The third-order valence-electron chi connectivity index (χ3n) is 2.27. The summed E-state index contributed by atoms with van der Waals surface area (Å²) < 4.78 is 23.0. The molecule has 0 atom stereocenters. The van der Waals surface area contributed by atoms with Crippen LogP contribution in [0.4, 0.5) is 0 Å². The van der Waals surface area contributed by atoms with Crippen LogP contribution in [0, 0.1) is 17.2 Å². The van der Waals surface area contributed by atoms with E-state index in [1.165, 1.54) is 0 Å². The summed E-state index contributed by atoms with van der Waals surface area (Å²) in [4.78, 5) is 11.2. The van der Waals surface area contributed by atoms with Crippen molar-refractivity contribution in [2.75, 3.05) is 31.1 Å². The Hall–Kier alpha value is -1.13. The minimum Gasteiger partial charge on any atom is -0.354 e. The zero-order valence-corrected chi connectivity index (χ0v) is 9.72. The molecule has 0 aromatic carbocycles. The number of sulfone groups is 1. The van der Waals surface area contributed by atoms with E-state index in [9.17, 15) is 13.2 Å². The Labute approximate surface area is 94.9 Å². The van der Waals surface area contributed by atoms with E-state index < -0.39 is 21.5 Å². The molecule has 2 N–H and O–H groups in total. The highest BCUT2D eigenvalue weighted by atomic mass is 32.2. The standard InChI is InChI=1S/C9H15N3O3S/c10-2-1-3-12-9(13)7-16(14,15)6-8-4-11-5-8/h8,11H,1,3-7H2,(H,12,13). The summed E-state index contributed by atoms with van der Waals surface area (Å²) in [6, 6.07) is 1.86. The van der Waals surface area contributed by atoms with Gasteiger partial charge >= 0.3 is 0 Å². The van der Waals surface area contributed by atoms with Gasteiger partial charge in [0.1, 0.15) is 5.75 Å². The van der Waals surface area contributed by atoms with Crippen molar-refractivity contribution in [3.8, 4) is 6.07 Å². The summed E-state index contributed by atoms with van der Waals surface area (Å²) in [5, 5.41) is 13.6. The van der Waals surface area contributed by atoms with Crippen molar-refractivity contribution in [3.63, 3.8) is 0 Å². The summed E-state index contributed by atoms with van der Waals surface area (Å²) in [5.41, 5.74) is 0. The monoisotopic (exact) mass is 245 g/mol. The van der Waals surface area contributed by atoms with Gasteiger partial charge in [-0.3, -0.25) is 4.79 Å². The zero-order chi connectivity index (χ0) is 12.0. The normalized spacial score (nSPS) is 16.2. The molecule has 16 heavy (non-hydrogen) atoms. The van der Waals surface area contributed by atoms with E-state index in [-0.39, 0.29) is 24.6 Å². The fraction of sp³-hybridized carbons (Fsp3) is 0.778. The molecule has 1 fully saturated rings. The summed E-state index contributed by atoms with van der Waals surface area (Å²) in [6.07, 6.45) is 0.193. The van der Waals surface area contributed by atoms with E-state index in [4.69, 9.17) is 5.26 Å². The first kappa shape index (κ1) is 12.9. The highest BCUT2D eigenvalue weighted by Crippen LogP contribution is 2.07. The van der Waals surface area contributed by atoms with Crippen LogP contribution in [0.2, 0.25) is 0 Å². The van der Waals surface area contributed by atoms with Gasteiger partial charge in [-0.1, -0.05) is 0 Å². The largest absolute Gasteiger partial charge is 0.354 e. The lowest BCUT2D eigenvalue weighted by Crippen LogP contribution is -2.46. The van der Waals surface area contributed by atoms with Crippen LogP contribution in [0.25, 0.3) is 0 Å². The molecule has 1 aliphatic heterocycles. The molecule has 6 nitrogen and oxygen atoms in total. The number of nitrogens with zero attached hydrogens (tertiary/aromatic N) is 1. The molecule has 1 amide bonds. The van der Waals surface area contributed by atoms with E-state index in [0.717, 1.165) is 0 Å². The molecule has 0 bridgehead atoms. The minimum absolute atomic E-state index is 0.0612. The van der Waals surface area contributed by atoms with Crippen molar-refractivity contribution in [1.29, 1.82) is 5.26 Å². The highest BCUT2D eigenvalue weighted by Gasteiger charge is 2.25. The number of rotatable bonds is 6. The lowest BCUT2D eigenvalue weighted by Gasteiger charge is -2.26. The molecule has 90 valence electrons. The third kappa shape index (κ3) is 4.59. The number of carbonyl (C=O) groups excluding carboxylic acids is 1. The van der Waals surface area contributed by atoms with Crippen molar-refractivity contribution in [1.82, 2.24) is 10.6 Å². The van der Waals surface area contributed by atoms with Gasteiger partial charge in [0.05, 0.1) is 18.2 Å². The Morgan fingerprint density at radius 1 is 1.50 bits per heavy atom. The van der Waals surface area contributed by atoms with Crippen LogP contribution < -0.4 is 10.6 Å². The summed E-state index contributed by atoms with van der Waals surface area (Å²) >= 11 is 0. The Morgan fingerprint density at radius 2 is 2.19 bits per heavy atom. The predicted octanol–water partition coefficient (Wildman–Crippen LogP) is -1.35. The van der Waals surface area contributed by atoms with Crippen LogP contribution in [0.15, 0.2) is 0 Å². The number of carbonyl (C=O) groups is 1. The second kappa shape index (κ2) is 5.82. The predicted molar refractivity (Wildman–Crippen MR) is 58.3 cm³/mol. The second-order valence-corrected chi connectivity index (χ2v) is 5.95. The molecule has 1 rings (SSSR count). The minimum atomic E-state index is -3.31. The fourth-order valence-corrected chi connectivity index (χ4v) is 2.97. The summed E-state index contributed by atoms with van der Waals surface area (Å²) in [6.45, 7) is 1.61. The second-order valence-electron chi connectivity index (χ2n) is 3.84. The molecule has 0 aliphatic carbocycles. The molecule has 0 aromatic rings. The maximum absolute atomic E-state index is 11.5. The first-order valence-electron chi connectivity index (χ1n) is 5.08. The lowest BCUT2D eigenvalue weighted by atomic mass is 10.1. The van der Waals surface area contributed by atoms with E-state index in [1.807, 2.05) is 6.07 Å². The smallest absolute Gasteiger partial charge is 0.235 e. The number of hydrogen-bond acceptors (Lipinski definition) is 5. The van der Waals surface area contributed by atoms with E-state index >= 15 is 0 Å². The molecule has 0 radical (unpaired) electrons. The zero-order valence-electron chi connectivity index (χ0n) is 8.90. The molecule has 0 spiro atoms. The Morgan fingerprint density at radius 3 is 2.69 bits per heavy atom. The molecule has 7 heteroatoms. The topological polar surface area (TPSA) is 99.1 Å². The quantitative estimate of drug-likeness (QED) is 0.564. The fourth-order valence-electron chi connectivity index (χ4n) is 1.39. The Kier molecular flexibility index (Phi) is 4.71. The number of hydrogen-bond donors (Lipinski definition) is 2. The number of nitriles is 1. The Balaban J connectivity index is 2.28. The van der Waals surface area contributed by atoms with E-state index in [1.54, 1.807) is 0 Å². The number of nitrogens with one attached hydrogen (secondary N) is 2. The van der Waals surface area contributed by atoms with Gasteiger partial charge in [-0.15, -0.1) is 0 Å². The third-order valence-corrected chi connectivity index (χ3v) is 3.95. The van der Waals surface area contributed by atoms with Crippen LogP contribution in [0.5, 0.6) is 0 Å². The van der Waals surface area contributed by atoms with Gasteiger partial charge in [-0.2, -0.15) is 5.26 Å². The van der Waals surface area contributed by atoms with Crippen molar-refractivity contribution in [2.24, 2.45) is 5.92 Å². The molecule has 1 heterocycles. The average molecular weight is 245 g/mol. The van der Waals surface area contributed by atoms with Crippen molar-refractivity contribution in [3.05, 3.63) is 0 Å². The first-order chi connectivity index (χ1) is 7.53. The van der Waals surface area contributed by atoms with Gasteiger partial charge in [-0.05, 0) is 5.92 Å². The Bertz CT molecular complexity index is 381. The van der Waals surface area contributed by atoms with Crippen LogP contribution in [0.3, 0.4) is 0 Å². The molecular formula is C9H15N3O3S. The lowest BCUT2D eigenvalue weighted by molar-refractivity contribution is -0.118. The molecule has 1 aliphatic rings. The van der Waals surface area contributed by atoms with Crippen LogP contribution >= 0.6 is 0 Å². The average Bonchev–Trinajstić information content (AvgIpc) is 2.11. The van der Waals surface area contributed by atoms with Crippen molar-refractivity contribution >= 4 is 15.7 Å². The van der Waals surface area contributed by atoms with Crippen LogP contribution in [-0.4, -0.2) is 45.5 Å². The van der Waals surface area contributed by atoms with Gasteiger partial charge in [0.25, 0.3) is 0 Å². The molecular weight excluding hydrogens is 230 g/mol. The van der Waals surface area contributed by atoms with Crippen molar-refractivity contribution < 1.29 is 13.2 Å². The SMILES string of the molecule is N#CCCNC(=O)CS(=O)(=O)CC1CNC1. The molecule has 0 aromatic heterocycles. The van der Waals surface area contributed by atoms with Gasteiger partial charge in [0.15, 0.2) is 9.84 Å². The maximum atomic E-state index is 11.5. The van der Waals surface area contributed by atoms with E-state index in [0.29, 0.717) is 13.1 Å². The van der Waals surface area contributed by atoms with Gasteiger partial charge < -0.3 is 10.6 Å². The van der Waals surface area contributed by atoms with Crippen LogP contribution in [0.1, 0.15) is 6.42 Å². The number of amides is 1. The van der Waals surface area contributed by atoms with Gasteiger partial charge in [0.2, 0.25) is 5.91 Å².